The third kappa shape index (κ3) is 3.37. The lowest BCUT2D eigenvalue weighted by Crippen LogP contribution is -2.36. The van der Waals surface area contributed by atoms with Crippen LogP contribution < -0.4 is 5.73 Å². The highest BCUT2D eigenvalue weighted by molar-refractivity contribution is 7.80. The van der Waals surface area contributed by atoms with Crippen LogP contribution in [0.3, 0.4) is 0 Å². The fraction of sp³-hybridized carbons (Fsp3) is 0.800. The molecule has 1 aliphatic carbocycles. The van der Waals surface area contributed by atoms with E-state index in [0.29, 0.717) is 24.4 Å². The van der Waals surface area contributed by atoms with E-state index in [9.17, 15) is 9.59 Å². The summed E-state index contributed by atoms with van der Waals surface area (Å²) in [5, 5.41) is 0. The molecule has 5 heteroatoms. The molecule has 0 atom stereocenters. The van der Waals surface area contributed by atoms with Crippen molar-refractivity contribution in [2.75, 3.05) is 6.54 Å². The first-order chi connectivity index (χ1) is 9.55. The van der Waals surface area contributed by atoms with E-state index in [4.69, 9.17) is 18.0 Å². The Morgan fingerprint density at radius 2 is 1.80 bits per heavy atom. The van der Waals surface area contributed by atoms with E-state index in [1.165, 1.54) is 17.7 Å². The van der Waals surface area contributed by atoms with Crippen molar-refractivity contribution in [1.29, 1.82) is 0 Å². The van der Waals surface area contributed by atoms with Gasteiger partial charge in [0.05, 0.1) is 10.4 Å². The van der Waals surface area contributed by atoms with Crippen LogP contribution in [0.2, 0.25) is 0 Å². The van der Waals surface area contributed by atoms with Crippen molar-refractivity contribution < 1.29 is 9.59 Å². The predicted octanol–water partition coefficient (Wildman–Crippen LogP) is 2.54. The van der Waals surface area contributed by atoms with Crippen molar-refractivity contribution in [1.82, 2.24) is 4.90 Å². The monoisotopic (exact) mass is 296 g/mol. The molecule has 0 aromatic heterocycles. The summed E-state index contributed by atoms with van der Waals surface area (Å²) >= 11 is 4.83. The number of thiocarbonyl (C=S) groups is 1. The standard InChI is InChI=1S/C15H24N2O2S/c16-12(20)7-3-6-10-17-13(18)11-15(14(17)19)8-4-1-2-5-9-15/h1-11H2,(H2,16,20). The number of carbonyl (C=O) groups excluding carboxylic acids is 2. The van der Waals surface area contributed by atoms with Crippen molar-refractivity contribution in [3.05, 3.63) is 0 Å². The Hall–Kier alpha value is -0.970. The minimum absolute atomic E-state index is 0.0206. The van der Waals surface area contributed by atoms with Crippen molar-refractivity contribution in [2.45, 2.75) is 64.2 Å². The van der Waals surface area contributed by atoms with Crippen LogP contribution >= 0.6 is 12.2 Å². The molecule has 4 nitrogen and oxygen atoms in total. The lowest BCUT2D eigenvalue weighted by atomic mass is 9.79. The third-order valence-corrected chi connectivity index (χ3v) is 4.81. The lowest BCUT2D eigenvalue weighted by molar-refractivity contribution is -0.141. The zero-order valence-electron chi connectivity index (χ0n) is 12.0. The second-order valence-corrected chi connectivity index (χ2v) is 6.67. The zero-order valence-corrected chi connectivity index (χ0v) is 12.8. The molecule has 0 radical (unpaired) electrons. The molecule has 0 bridgehead atoms. The summed E-state index contributed by atoms with van der Waals surface area (Å²) < 4.78 is 0. The fourth-order valence-corrected chi connectivity index (χ4v) is 3.60. The number of nitrogens with two attached hydrogens (primary N) is 1. The topological polar surface area (TPSA) is 63.4 Å². The summed E-state index contributed by atoms with van der Waals surface area (Å²) in [4.78, 5) is 26.8. The number of rotatable bonds is 5. The summed E-state index contributed by atoms with van der Waals surface area (Å²) in [6, 6.07) is 0. The first kappa shape index (κ1) is 15.4. The molecule has 0 aromatic carbocycles. The van der Waals surface area contributed by atoms with Crippen LogP contribution in [0.15, 0.2) is 0 Å². The molecule has 2 rings (SSSR count). The maximum Gasteiger partial charge on any atom is 0.235 e. The molecule has 112 valence electrons. The van der Waals surface area contributed by atoms with Crippen LogP contribution in [0.1, 0.15) is 64.2 Å². The number of likely N-dealkylation sites (tertiary alicyclic amines) is 1. The number of hydrogen-bond donors (Lipinski definition) is 1. The van der Waals surface area contributed by atoms with Crippen molar-refractivity contribution in [3.63, 3.8) is 0 Å². The summed E-state index contributed by atoms with van der Waals surface area (Å²) in [6.45, 7) is 0.530. The SMILES string of the molecule is NC(=S)CCCCN1C(=O)CC2(CCCCCC2)C1=O. The van der Waals surface area contributed by atoms with E-state index in [2.05, 4.69) is 0 Å². The quantitative estimate of drug-likeness (QED) is 0.481. The van der Waals surface area contributed by atoms with Crippen LogP contribution in [0.5, 0.6) is 0 Å². The molecule has 1 saturated carbocycles. The van der Waals surface area contributed by atoms with Gasteiger partial charge in [-0.15, -0.1) is 0 Å². The van der Waals surface area contributed by atoms with E-state index in [-0.39, 0.29) is 17.2 Å². The number of carbonyl (C=O) groups is 2. The van der Waals surface area contributed by atoms with E-state index >= 15 is 0 Å². The second kappa shape index (κ2) is 6.66. The number of hydrogen-bond acceptors (Lipinski definition) is 3. The predicted molar refractivity (Wildman–Crippen MR) is 82.1 cm³/mol. The number of unbranched alkanes of at least 4 members (excludes halogenated alkanes) is 1. The first-order valence-electron chi connectivity index (χ1n) is 7.68. The molecule has 2 fully saturated rings. The van der Waals surface area contributed by atoms with Gasteiger partial charge in [0.15, 0.2) is 0 Å². The minimum atomic E-state index is -0.364. The average Bonchev–Trinajstić information content (AvgIpc) is 2.58. The second-order valence-electron chi connectivity index (χ2n) is 6.15. The van der Waals surface area contributed by atoms with Gasteiger partial charge in [0.2, 0.25) is 11.8 Å². The molecule has 1 saturated heterocycles. The average molecular weight is 296 g/mol. The molecule has 2 aliphatic rings. The molecule has 2 amide bonds. The van der Waals surface area contributed by atoms with Crippen molar-refractivity contribution in [2.24, 2.45) is 11.1 Å². The van der Waals surface area contributed by atoms with Gasteiger partial charge in [0, 0.05) is 13.0 Å². The summed E-state index contributed by atoms with van der Waals surface area (Å²) in [6.07, 6.45) is 9.08. The Kier molecular flexibility index (Phi) is 5.13. The Morgan fingerprint density at radius 3 is 2.40 bits per heavy atom. The third-order valence-electron chi connectivity index (χ3n) is 4.61. The van der Waals surface area contributed by atoms with Crippen molar-refractivity contribution >= 4 is 29.0 Å². The zero-order chi connectivity index (χ0) is 14.6. The van der Waals surface area contributed by atoms with Gasteiger partial charge in [0.25, 0.3) is 0 Å². The van der Waals surface area contributed by atoms with E-state index in [0.717, 1.165) is 38.5 Å². The Bertz CT molecular complexity index is 401. The van der Waals surface area contributed by atoms with Crippen molar-refractivity contribution in [3.8, 4) is 0 Å². The number of imide groups is 1. The summed E-state index contributed by atoms with van der Waals surface area (Å²) in [5.74, 6) is 0.104. The van der Waals surface area contributed by atoms with Gasteiger partial charge in [-0.25, -0.2) is 0 Å². The van der Waals surface area contributed by atoms with Crippen LogP contribution in [0, 0.1) is 5.41 Å². The maximum absolute atomic E-state index is 12.6. The smallest absolute Gasteiger partial charge is 0.235 e. The van der Waals surface area contributed by atoms with Crippen LogP contribution in [0.25, 0.3) is 0 Å². The van der Waals surface area contributed by atoms with Gasteiger partial charge < -0.3 is 5.73 Å². The molecule has 0 unspecified atom stereocenters. The first-order valence-corrected chi connectivity index (χ1v) is 8.09. The molecule has 1 spiro atoms. The minimum Gasteiger partial charge on any atom is -0.393 e. The van der Waals surface area contributed by atoms with Gasteiger partial charge in [-0.05, 0) is 32.1 Å². The van der Waals surface area contributed by atoms with E-state index in [1.54, 1.807) is 0 Å². The highest BCUT2D eigenvalue weighted by atomic mass is 32.1. The summed E-state index contributed by atoms with van der Waals surface area (Å²) in [5.41, 5.74) is 5.09. The molecule has 0 aromatic rings. The van der Waals surface area contributed by atoms with Gasteiger partial charge >= 0.3 is 0 Å². The molecule has 2 N–H and O–H groups in total. The van der Waals surface area contributed by atoms with Gasteiger partial charge in [-0.2, -0.15) is 0 Å². The van der Waals surface area contributed by atoms with Crippen LogP contribution in [-0.4, -0.2) is 28.2 Å². The summed E-state index contributed by atoms with van der Waals surface area (Å²) in [7, 11) is 0. The van der Waals surface area contributed by atoms with E-state index in [1.807, 2.05) is 0 Å². The van der Waals surface area contributed by atoms with Crippen LogP contribution in [0.4, 0.5) is 0 Å². The van der Waals surface area contributed by atoms with E-state index < -0.39 is 0 Å². The maximum atomic E-state index is 12.6. The number of amides is 2. The Labute approximate surface area is 126 Å². The van der Waals surface area contributed by atoms with Gasteiger partial charge in [0.1, 0.15) is 0 Å². The Morgan fingerprint density at radius 1 is 1.15 bits per heavy atom. The number of nitrogens with zero attached hydrogens (tertiary/aromatic N) is 1. The molecular weight excluding hydrogens is 272 g/mol. The fourth-order valence-electron chi connectivity index (χ4n) is 3.45. The van der Waals surface area contributed by atoms with Crippen LogP contribution in [-0.2, 0) is 9.59 Å². The van der Waals surface area contributed by atoms with Gasteiger partial charge in [-0.3, -0.25) is 14.5 Å². The Balaban J connectivity index is 1.92. The lowest BCUT2D eigenvalue weighted by Gasteiger charge is -2.25. The molecule has 1 heterocycles. The normalized spacial score (nSPS) is 22.3. The highest BCUT2D eigenvalue weighted by Crippen LogP contribution is 2.44. The largest absolute Gasteiger partial charge is 0.393 e. The molecule has 20 heavy (non-hydrogen) atoms. The highest BCUT2D eigenvalue weighted by Gasteiger charge is 2.50. The molecule has 1 aliphatic heterocycles. The molecular formula is C15H24N2O2S. The van der Waals surface area contributed by atoms with Gasteiger partial charge in [-0.1, -0.05) is 37.9 Å².